The molecule has 0 unspecified atom stereocenters. The van der Waals surface area contributed by atoms with E-state index in [-0.39, 0.29) is 11.4 Å². The molecule has 214 valence electrons. The molecule has 1 N–H and O–H groups in total. The second-order valence-electron chi connectivity index (χ2n) is 12.2. The third-order valence-corrected chi connectivity index (χ3v) is 7.23. The predicted octanol–water partition coefficient (Wildman–Crippen LogP) is 8.06. The number of pyridine rings is 1. The molecular weight excluding hydrogens is 520 g/mol. The van der Waals surface area contributed by atoms with Crippen molar-refractivity contribution in [2.75, 3.05) is 7.11 Å². The Morgan fingerprint density at radius 2 is 1.52 bits per heavy atom. The van der Waals surface area contributed by atoms with E-state index in [4.69, 9.17) is 14.5 Å². The van der Waals surface area contributed by atoms with Gasteiger partial charge >= 0.3 is 12.1 Å². The maximum absolute atomic E-state index is 12.7. The van der Waals surface area contributed by atoms with E-state index >= 15 is 0 Å². The standard InChI is InChI=1S/C33H42N2O4S/c1-21-10-12-23(13-11-21)29-26(19-34-31(37)39-33(6,7)8)28(18-32(3,4)5)35-22(2)27(29)20-40-25-16-14-24(15-17-25)30(36)38-9/h10-17H,18-20H2,1-9H3,(H,34,37). The quantitative estimate of drug-likeness (QED) is 0.221. The highest BCUT2D eigenvalue weighted by Gasteiger charge is 2.24. The average Bonchev–Trinajstić information content (AvgIpc) is 2.85. The van der Waals surface area contributed by atoms with E-state index in [0.29, 0.717) is 17.9 Å². The van der Waals surface area contributed by atoms with Crippen molar-refractivity contribution in [3.8, 4) is 11.1 Å². The van der Waals surface area contributed by atoms with Gasteiger partial charge in [0.15, 0.2) is 0 Å². The molecule has 3 rings (SSSR count). The normalized spacial score (nSPS) is 11.7. The van der Waals surface area contributed by atoms with Crippen molar-refractivity contribution in [3.63, 3.8) is 0 Å². The number of ether oxygens (including phenoxy) is 2. The number of carbonyl (C=O) groups excluding carboxylic acids is 2. The summed E-state index contributed by atoms with van der Waals surface area (Å²) in [6, 6.07) is 15.9. The first kappa shape index (κ1) is 31.2. The number of esters is 1. The summed E-state index contributed by atoms with van der Waals surface area (Å²) in [4.78, 5) is 30.7. The monoisotopic (exact) mass is 562 g/mol. The zero-order valence-electron chi connectivity index (χ0n) is 25.2. The molecule has 0 bridgehead atoms. The van der Waals surface area contributed by atoms with Crippen LogP contribution in [0.3, 0.4) is 0 Å². The fraction of sp³-hybridized carbons (Fsp3) is 0.424. The zero-order valence-corrected chi connectivity index (χ0v) is 26.0. The molecule has 0 atom stereocenters. The molecule has 40 heavy (non-hydrogen) atoms. The molecule has 3 aromatic rings. The van der Waals surface area contributed by atoms with Crippen LogP contribution in [0.5, 0.6) is 0 Å². The van der Waals surface area contributed by atoms with E-state index in [1.54, 1.807) is 23.9 Å². The minimum absolute atomic E-state index is 0.00229. The molecule has 1 heterocycles. The van der Waals surface area contributed by atoms with Crippen molar-refractivity contribution < 1.29 is 19.1 Å². The molecule has 0 saturated heterocycles. The molecule has 0 aliphatic carbocycles. The Morgan fingerprint density at radius 3 is 2.08 bits per heavy atom. The van der Waals surface area contributed by atoms with Crippen LogP contribution in [0.4, 0.5) is 4.79 Å². The Labute approximate surface area is 243 Å². The highest BCUT2D eigenvalue weighted by molar-refractivity contribution is 7.98. The molecule has 2 aromatic carbocycles. The van der Waals surface area contributed by atoms with E-state index in [2.05, 4.69) is 64.2 Å². The molecule has 0 radical (unpaired) electrons. The number of nitrogens with one attached hydrogen (secondary N) is 1. The molecule has 0 aliphatic heterocycles. The number of thioether (sulfide) groups is 1. The number of alkyl carbamates (subject to hydrolysis) is 1. The van der Waals surface area contributed by atoms with Gasteiger partial charge in [0.2, 0.25) is 0 Å². The first-order valence-electron chi connectivity index (χ1n) is 13.5. The Bertz CT molecular complexity index is 1340. The van der Waals surface area contributed by atoms with Crippen molar-refractivity contribution in [2.24, 2.45) is 5.41 Å². The lowest BCUT2D eigenvalue weighted by atomic mass is 9.85. The second kappa shape index (κ2) is 12.9. The Kier molecular flexibility index (Phi) is 10.1. The van der Waals surface area contributed by atoms with Gasteiger partial charge in [-0.3, -0.25) is 4.98 Å². The number of nitrogens with zero attached hydrogens (tertiary/aromatic N) is 1. The molecular formula is C33H42N2O4S. The van der Waals surface area contributed by atoms with Gasteiger partial charge in [-0.2, -0.15) is 0 Å². The summed E-state index contributed by atoms with van der Waals surface area (Å²) in [6.07, 6.45) is 0.312. The SMILES string of the molecule is COC(=O)c1ccc(SCc2c(C)nc(CC(C)(C)C)c(CNC(=O)OC(C)(C)C)c2-c2ccc(C)cc2)cc1. The van der Waals surface area contributed by atoms with Crippen molar-refractivity contribution in [1.82, 2.24) is 10.3 Å². The van der Waals surface area contributed by atoms with Crippen LogP contribution in [0.1, 0.15) is 80.0 Å². The van der Waals surface area contributed by atoms with E-state index in [0.717, 1.165) is 45.0 Å². The van der Waals surface area contributed by atoms with Crippen LogP contribution in [-0.4, -0.2) is 29.8 Å². The topological polar surface area (TPSA) is 77.5 Å². The van der Waals surface area contributed by atoms with Gasteiger partial charge in [-0.1, -0.05) is 50.6 Å². The van der Waals surface area contributed by atoms with E-state index in [1.807, 2.05) is 32.9 Å². The molecule has 0 aliphatic rings. The third-order valence-electron chi connectivity index (χ3n) is 6.20. The number of methoxy groups -OCH3 is 1. The fourth-order valence-electron chi connectivity index (χ4n) is 4.36. The Morgan fingerprint density at radius 1 is 0.900 bits per heavy atom. The summed E-state index contributed by atoms with van der Waals surface area (Å²) >= 11 is 1.68. The minimum Gasteiger partial charge on any atom is -0.465 e. The number of hydrogen-bond acceptors (Lipinski definition) is 6. The van der Waals surface area contributed by atoms with Crippen LogP contribution in [-0.2, 0) is 28.2 Å². The molecule has 1 amide bonds. The second-order valence-corrected chi connectivity index (χ2v) is 13.3. The summed E-state index contributed by atoms with van der Waals surface area (Å²) in [6.45, 7) is 16.6. The molecule has 1 aromatic heterocycles. The largest absolute Gasteiger partial charge is 0.465 e. The van der Waals surface area contributed by atoms with Crippen molar-refractivity contribution >= 4 is 23.8 Å². The lowest BCUT2D eigenvalue weighted by molar-refractivity contribution is 0.0522. The smallest absolute Gasteiger partial charge is 0.407 e. The molecule has 6 nitrogen and oxygen atoms in total. The van der Waals surface area contributed by atoms with Crippen molar-refractivity contribution in [2.45, 2.75) is 84.6 Å². The Balaban J connectivity index is 2.09. The van der Waals surface area contributed by atoms with Gasteiger partial charge in [-0.15, -0.1) is 11.8 Å². The minimum atomic E-state index is -0.588. The average molecular weight is 563 g/mol. The van der Waals surface area contributed by atoms with Crippen molar-refractivity contribution in [1.29, 1.82) is 0 Å². The summed E-state index contributed by atoms with van der Waals surface area (Å²) < 4.78 is 10.4. The zero-order chi connectivity index (χ0) is 29.7. The van der Waals surface area contributed by atoms with Gasteiger partial charge in [0.1, 0.15) is 5.60 Å². The first-order valence-corrected chi connectivity index (χ1v) is 14.5. The van der Waals surface area contributed by atoms with Gasteiger partial charge < -0.3 is 14.8 Å². The summed E-state index contributed by atoms with van der Waals surface area (Å²) in [5.74, 6) is 0.323. The highest BCUT2D eigenvalue weighted by atomic mass is 32.2. The number of amides is 1. The molecule has 0 fully saturated rings. The third kappa shape index (κ3) is 8.85. The number of benzene rings is 2. The van der Waals surface area contributed by atoms with Gasteiger partial charge in [-0.25, -0.2) is 9.59 Å². The van der Waals surface area contributed by atoms with Gasteiger partial charge in [-0.05, 0) is 87.4 Å². The van der Waals surface area contributed by atoms with Crippen LogP contribution in [0, 0.1) is 19.3 Å². The number of rotatable bonds is 8. The number of aromatic nitrogens is 1. The predicted molar refractivity (Wildman–Crippen MR) is 163 cm³/mol. The van der Waals surface area contributed by atoms with E-state index in [9.17, 15) is 9.59 Å². The maximum Gasteiger partial charge on any atom is 0.407 e. The summed E-state index contributed by atoms with van der Waals surface area (Å²) in [7, 11) is 1.38. The van der Waals surface area contributed by atoms with Crippen LogP contribution in [0.25, 0.3) is 11.1 Å². The highest BCUT2D eigenvalue weighted by Crippen LogP contribution is 2.37. The summed E-state index contributed by atoms with van der Waals surface area (Å²) in [5, 5.41) is 2.99. The van der Waals surface area contributed by atoms with Gasteiger partial charge in [0, 0.05) is 34.1 Å². The maximum atomic E-state index is 12.7. The Hall–Kier alpha value is -3.32. The van der Waals surface area contributed by atoms with Crippen LogP contribution in [0.15, 0.2) is 53.4 Å². The number of aryl methyl sites for hydroxylation is 2. The number of carbonyl (C=O) groups is 2. The van der Waals surface area contributed by atoms with E-state index < -0.39 is 11.7 Å². The first-order chi connectivity index (χ1) is 18.7. The molecule has 7 heteroatoms. The molecule has 0 saturated carbocycles. The number of hydrogen-bond donors (Lipinski definition) is 1. The molecule has 0 spiro atoms. The van der Waals surface area contributed by atoms with Gasteiger partial charge in [0.05, 0.1) is 12.7 Å². The lowest BCUT2D eigenvalue weighted by Crippen LogP contribution is -2.33. The van der Waals surface area contributed by atoms with E-state index in [1.165, 1.54) is 12.7 Å². The summed E-state index contributed by atoms with van der Waals surface area (Å²) in [5.41, 5.74) is 7.37. The lowest BCUT2D eigenvalue weighted by Gasteiger charge is -2.26. The van der Waals surface area contributed by atoms with Crippen LogP contribution >= 0.6 is 11.8 Å². The van der Waals surface area contributed by atoms with Crippen molar-refractivity contribution in [3.05, 3.63) is 82.2 Å². The fourth-order valence-corrected chi connectivity index (χ4v) is 5.36. The van der Waals surface area contributed by atoms with Gasteiger partial charge in [0.25, 0.3) is 0 Å². The van der Waals surface area contributed by atoms with Crippen LogP contribution < -0.4 is 5.32 Å². The van der Waals surface area contributed by atoms with Crippen LogP contribution in [0.2, 0.25) is 0 Å².